The normalized spacial score (nSPS) is 14.6. The summed E-state index contributed by atoms with van der Waals surface area (Å²) in [6.07, 6.45) is 0.424. The second-order valence-corrected chi connectivity index (χ2v) is 5.27. The van der Waals surface area contributed by atoms with Crippen LogP contribution in [0.3, 0.4) is 0 Å². The number of amidine groups is 1. The summed E-state index contributed by atoms with van der Waals surface area (Å²) in [5.74, 6) is 0.992. The number of hydrogen-bond acceptors (Lipinski definition) is 3. The highest BCUT2D eigenvalue weighted by atomic mass is 32.2. The molecule has 1 aromatic rings. The molecule has 0 spiro atoms. The highest BCUT2D eigenvalue weighted by Crippen LogP contribution is 2.12. The molecule has 17 heavy (non-hydrogen) atoms. The molecule has 1 amide bonds. The van der Waals surface area contributed by atoms with Crippen LogP contribution in [-0.2, 0) is 11.2 Å². The topological polar surface area (TPSA) is 41.5 Å². The number of nitrogens with zero attached hydrogens (tertiary/aromatic N) is 1. The van der Waals surface area contributed by atoms with Crippen LogP contribution in [0.2, 0.25) is 0 Å². The summed E-state index contributed by atoms with van der Waals surface area (Å²) in [7, 11) is 0. The van der Waals surface area contributed by atoms with Crippen LogP contribution in [-0.4, -0.2) is 23.4 Å². The van der Waals surface area contributed by atoms with Crippen molar-refractivity contribution < 1.29 is 4.79 Å². The van der Waals surface area contributed by atoms with Gasteiger partial charge in [-0.2, -0.15) is 0 Å². The van der Waals surface area contributed by atoms with Crippen LogP contribution in [0.1, 0.15) is 16.7 Å². The summed E-state index contributed by atoms with van der Waals surface area (Å²) in [4.78, 5) is 16.0. The lowest BCUT2D eigenvalue weighted by molar-refractivity contribution is -0.119. The fourth-order valence-corrected chi connectivity index (χ4v) is 2.48. The first kappa shape index (κ1) is 12.2. The Labute approximate surface area is 106 Å². The molecule has 0 fully saturated rings. The van der Waals surface area contributed by atoms with Crippen LogP contribution in [0.15, 0.2) is 23.2 Å². The average molecular weight is 248 g/mol. The van der Waals surface area contributed by atoms with Crippen LogP contribution in [0.25, 0.3) is 0 Å². The van der Waals surface area contributed by atoms with Crippen molar-refractivity contribution in [2.24, 2.45) is 4.99 Å². The first-order chi connectivity index (χ1) is 8.15. The minimum Gasteiger partial charge on any atom is -0.305 e. The van der Waals surface area contributed by atoms with E-state index in [0.717, 1.165) is 28.6 Å². The van der Waals surface area contributed by atoms with Gasteiger partial charge in [0.05, 0.1) is 13.0 Å². The molecule has 0 atom stereocenters. The van der Waals surface area contributed by atoms with Crippen molar-refractivity contribution in [2.75, 3.05) is 12.3 Å². The molecular formula is C13H16N2OS. The lowest BCUT2D eigenvalue weighted by Crippen LogP contribution is -2.29. The molecule has 0 aromatic heterocycles. The second kappa shape index (κ2) is 5.36. The van der Waals surface area contributed by atoms with Crippen LogP contribution in [0.5, 0.6) is 0 Å². The lowest BCUT2D eigenvalue weighted by atomic mass is 10.0. The van der Waals surface area contributed by atoms with Gasteiger partial charge in [0.25, 0.3) is 0 Å². The van der Waals surface area contributed by atoms with Crippen molar-refractivity contribution in [2.45, 2.75) is 20.3 Å². The zero-order valence-electron chi connectivity index (χ0n) is 10.1. The molecule has 3 nitrogen and oxygen atoms in total. The number of aliphatic imine (C=N–C) groups is 1. The Morgan fingerprint density at radius 2 is 2.29 bits per heavy atom. The molecule has 1 N–H and O–H groups in total. The quantitative estimate of drug-likeness (QED) is 0.870. The minimum absolute atomic E-state index is 0.0202. The first-order valence-corrected chi connectivity index (χ1v) is 6.67. The van der Waals surface area contributed by atoms with E-state index in [4.69, 9.17) is 0 Å². The minimum atomic E-state index is 0.0202. The summed E-state index contributed by atoms with van der Waals surface area (Å²) in [6, 6.07) is 6.19. The van der Waals surface area contributed by atoms with E-state index in [2.05, 4.69) is 28.5 Å². The maximum absolute atomic E-state index is 11.8. The molecule has 1 aliphatic rings. The molecule has 1 aromatic carbocycles. The molecule has 4 heteroatoms. The van der Waals surface area contributed by atoms with Gasteiger partial charge in [-0.05, 0) is 25.0 Å². The van der Waals surface area contributed by atoms with Gasteiger partial charge in [0.15, 0.2) is 5.17 Å². The smallest absolute Gasteiger partial charge is 0.230 e. The van der Waals surface area contributed by atoms with E-state index in [-0.39, 0.29) is 5.91 Å². The standard InChI is InChI=1S/C13H16N2OS/c1-9-3-4-10(2)11(7-9)8-12(16)15-13-14-5-6-17-13/h3-4,7H,5-6,8H2,1-2H3,(H,14,15,16). The molecule has 0 saturated carbocycles. The number of benzene rings is 1. The van der Waals surface area contributed by atoms with Gasteiger partial charge < -0.3 is 5.32 Å². The second-order valence-electron chi connectivity index (χ2n) is 4.19. The Kier molecular flexibility index (Phi) is 3.84. The van der Waals surface area contributed by atoms with Crippen LogP contribution in [0.4, 0.5) is 0 Å². The van der Waals surface area contributed by atoms with Crippen molar-refractivity contribution in [3.8, 4) is 0 Å². The van der Waals surface area contributed by atoms with Crippen molar-refractivity contribution in [3.05, 3.63) is 34.9 Å². The van der Waals surface area contributed by atoms with Gasteiger partial charge in [0, 0.05) is 5.75 Å². The Morgan fingerprint density at radius 1 is 1.47 bits per heavy atom. The highest BCUT2D eigenvalue weighted by Gasteiger charge is 2.12. The van der Waals surface area contributed by atoms with E-state index in [9.17, 15) is 4.79 Å². The number of carbonyl (C=O) groups is 1. The molecular weight excluding hydrogens is 232 g/mol. The molecule has 1 aliphatic heterocycles. The molecule has 0 bridgehead atoms. The van der Waals surface area contributed by atoms with E-state index >= 15 is 0 Å². The van der Waals surface area contributed by atoms with Crippen LogP contribution >= 0.6 is 11.8 Å². The Hall–Kier alpha value is -1.29. The number of nitrogens with one attached hydrogen (secondary N) is 1. The number of amides is 1. The Bertz CT molecular complexity index is 468. The van der Waals surface area contributed by atoms with Gasteiger partial charge in [-0.1, -0.05) is 35.5 Å². The molecule has 0 saturated heterocycles. The monoisotopic (exact) mass is 248 g/mol. The highest BCUT2D eigenvalue weighted by molar-refractivity contribution is 8.14. The number of carbonyl (C=O) groups excluding carboxylic acids is 1. The van der Waals surface area contributed by atoms with Gasteiger partial charge in [-0.15, -0.1) is 0 Å². The fraction of sp³-hybridized carbons (Fsp3) is 0.385. The van der Waals surface area contributed by atoms with E-state index < -0.39 is 0 Å². The Balaban J connectivity index is 2.00. The third-order valence-corrected chi connectivity index (χ3v) is 3.58. The van der Waals surface area contributed by atoms with Gasteiger partial charge in [-0.25, -0.2) is 0 Å². The molecule has 1 heterocycles. The summed E-state index contributed by atoms with van der Waals surface area (Å²) < 4.78 is 0. The number of rotatable bonds is 2. The zero-order valence-corrected chi connectivity index (χ0v) is 10.9. The van der Waals surface area contributed by atoms with Gasteiger partial charge in [0.2, 0.25) is 5.91 Å². The van der Waals surface area contributed by atoms with E-state index in [1.165, 1.54) is 5.56 Å². The van der Waals surface area contributed by atoms with Crippen LogP contribution in [0, 0.1) is 13.8 Å². The van der Waals surface area contributed by atoms with Crippen LogP contribution < -0.4 is 5.32 Å². The lowest BCUT2D eigenvalue weighted by Gasteiger charge is -2.07. The number of thioether (sulfide) groups is 1. The first-order valence-electron chi connectivity index (χ1n) is 5.68. The van der Waals surface area contributed by atoms with E-state index in [1.54, 1.807) is 11.8 Å². The zero-order chi connectivity index (χ0) is 12.3. The van der Waals surface area contributed by atoms with Crippen molar-refractivity contribution in [1.82, 2.24) is 5.32 Å². The maximum atomic E-state index is 11.8. The molecule has 0 unspecified atom stereocenters. The predicted octanol–water partition coefficient (Wildman–Crippen LogP) is 2.06. The maximum Gasteiger partial charge on any atom is 0.230 e. The van der Waals surface area contributed by atoms with Gasteiger partial charge in [0.1, 0.15) is 0 Å². The van der Waals surface area contributed by atoms with Gasteiger partial charge in [-0.3, -0.25) is 9.79 Å². The van der Waals surface area contributed by atoms with Crippen molar-refractivity contribution in [1.29, 1.82) is 0 Å². The Morgan fingerprint density at radius 3 is 3.00 bits per heavy atom. The number of aryl methyl sites for hydroxylation is 2. The van der Waals surface area contributed by atoms with E-state index in [1.807, 2.05) is 13.8 Å². The average Bonchev–Trinajstić information content (AvgIpc) is 2.76. The number of hydrogen-bond donors (Lipinski definition) is 1. The van der Waals surface area contributed by atoms with Gasteiger partial charge >= 0.3 is 0 Å². The fourth-order valence-electron chi connectivity index (χ4n) is 1.74. The summed E-state index contributed by atoms with van der Waals surface area (Å²) in [5.41, 5.74) is 3.43. The SMILES string of the molecule is Cc1ccc(C)c(CC(=O)NC2=NCCS2)c1. The summed E-state index contributed by atoms with van der Waals surface area (Å²) >= 11 is 1.61. The third kappa shape index (κ3) is 3.33. The summed E-state index contributed by atoms with van der Waals surface area (Å²) in [6.45, 7) is 4.88. The van der Waals surface area contributed by atoms with E-state index in [0.29, 0.717) is 6.42 Å². The largest absolute Gasteiger partial charge is 0.305 e. The predicted molar refractivity (Wildman–Crippen MR) is 72.5 cm³/mol. The summed E-state index contributed by atoms with van der Waals surface area (Å²) in [5, 5.41) is 3.61. The molecule has 0 aliphatic carbocycles. The molecule has 2 rings (SSSR count). The molecule has 90 valence electrons. The third-order valence-electron chi connectivity index (χ3n) is 2.69. The van der Waals surface area contributed by atoms with Crippen molar-refractivity contribution in [3.63, 3.8) is 0 Å². The van der Waals surface area contributed by atoms with Crippen molar-refractivity contribution >= 4 is 22.8 Å². The molecule has 0 radical (unpaired) electrons.